The second-order valence-electron chi connectivity index (χ2n) is 5.06. The van der Waals surface area contributed by atoms with Crippen LogP contribution >= 0.6 is 11.3 Å². The molecule has 3 aromatic rings. The van der Waals surface area contributed by atoms with E-state index in [1.165, 1.54) is 0 Å². The number of rotatable bonds is 4. The molecule has 1 atom stereocenters. The number of aromatic nitrogens is 2. The van der Waals surface area contributed by atoms with Crippen molar-refractivity contribution in [2.24, 2.45) is 0 Å². The van der Waals surface area contributed by atoms with Crippen molar-refractivity contribution in [3.8, 4) is 10.4 Å². The third-order valence-corrected chi connectivity index (χ3v) is 4.11. The summed E-state index contributed by atoms with van der Waals surface area (Å²) in [7, 11) is 0. The molecule has 0 unspecified atom stereocenters. The third-order valence-electron chi connectivity index (χ3n) is 3.19. The molecule has 2 aromatic heterocycles. The van der Waals surface area contributed by atoms with Gasteiger partial charge in [0.1, 0.15) is 6.04 Å². The van der Waals surface area contributed by atoms with E-state index < -0.39 is 0 Å². The number of carbonyl (C=O) groups excluding carboxylic acids is 1. The normalized spacial score (nSPS) is 11.9. The van der Waals surface area contributed by atoms with E-state index in [0.717, 1.165) is 16.1 Å². The van der Waals surface area contributed by atoms with Gasteiger partial charge in [0, 0.05) is 10.6 Å². The topological polar surface area (TPSA) is 80.0 Å². The Morgan fingerprint density at radius 1 is 1.30 bits per heavy atom. The van der Waals surface area contributed by atoms with Gasteiger partial charge >= 0.3 is 6.03 Å². The average Bonchev–Trinajstić information content (AvgIpc) is 3.18. The molecule has 2 N–H and O–H groups in total. The quantitative estimate of drug-likeness (QED) is 0.759. The Morgan fingerprint density at radius 2 is 2.17 bits per heavy atom. The summed E-state index contributed by atoms with van der Waals surface area (Å²) < 4.78 is 5.04. The molecule has 0 radical (unpaired) electrons. The molecule has 0 saturated carbocycles. The van der Waals surface area contributed by atoms with Crippen LogP contribution in [0.25, 0.3) is 10.4 Å². The van der Waals surface area contributed by atoms with Crippen LogP contribution in [0.3, 0.4) is 0 Å². The van der Waals surface area contributed by atoms with Crippen molar-refractivity contribution in [2.75, 3.05) is 5.32 Å². The standard InChI is InChI=1S/C16H16N4O2S/c1-10(15-18-11(2)20-22-15)17-16(21)19-13-6-3-5-12(9-13)14-7-4-8-23-14/h3-10H,1-2H3,(H2,17,19,21)/t10-/m0/s1. The number of hydrogen-bond acceptors (Lipinski definition) is 5. The highest BCUT2D eigenvalue weighted by atomic mass is 32.1. The molecule has 0 fully saturated rings. The molecule has 0 spiro atoms. The maximum absolute atomic E-state index is 12.1. The zero-order valence-electron chi connectivity index (χ0n) is 12.7. The molecule has 0 aliphatic rings. The number of hydrogen-bond donors (Lipinski definition) is 2. The molecule has 2 heterocycles. The van der Waals surface area contributed by atoms with Gasteiger partial charge in [0.05, 0.1) is 0 Å². The summed E-state index contributed by atoms with van der Waals surface area (Å²) in [4.78, 5) is 17.3. The van der Waals surface area contributed by atoms with E-state index in [1.54, 1.807) is 25.2 Å². The predicted octanol–water partition coefficient (Wildman–Crippen LogP) is 3.99. The summed E-state index contributed by atoms with van der Waals surface area (Å²) in [6, 6.07) is 11.1. The molecule has 7 heteroatoms. The number of amides is 2. The minimum absolute atomic E-state index is 0.323. The third kappa shape index (κ3) is 3.75. The number of nitrogens with one attached hydrogen (secondary N) is 2. The monoisotopic (exact) mass is 328 g/mol. The second kappa shape index (κ2) is 6.62. The Hall–Kier alpha value is -2.67. The largest absolute Gasteiger partial charge is 0.337 e. The van der Waals surface area contributed by atoms with Crippen molar-refractivity contribution in [2.45, 2.75) is 19.9 Å². The molecular formula is C16H16N4O2S. The number of nitrogens with zero attached hydrogens (tertiary/aromatic N) is 2. The lowest BCUT2D eigenvalue weighted by Gasteiger charge is -2.11. The van der Waals surface area contributed by atoms with Gasteiger partial charge in [-0.15, -0.1) is 11.3 Å². The van der Waals surface area contributed by atoms with Gasteiger partial charge in [-0.3, -0.25) is 0 Å². The van der Waals surface area contributed by atoms with Crippen LogP contribution in [0.2, 0.25) is 0 Å². The fourth-order valence-corrected chi connectivity index (χ4v) is 2.83. The molecule has 118 valence electrons. The summed E-state index contributed by atoms with van der Waals surface area (Å²) in [5, 5.41) is 11.3. The molecule has 0 bridgehead atoms. The molecule has 23 heavy (non-hydrogen) atoms. The summed E-state index contributed by atoms with van der Waals surface area (Å²) in [5.41, 5.74) is 1.79. The Labute approximate surface area is 137 Å². The van der Waals surface area contributed by atoms with Crippen LogP contribution in [0, 0.1) is 6.92 Å². The van der Waals surface area contributed by atoms with Crippen molar-refractivity contribution in [3.05, 3.63) is 53.5 Å². The van der Waals surface area contributed by atoms with Gasteiger partial charge in [0.2, 0.25) is 5.89 Å². The van der Waals surface area contributed by atoms with Crippen LogP contribution in [0.15, 0.2) is 46.3 Å². The first-order valence-electron chi connectivity index (χ1n) is 7.13. The summed E-state index contributed by atoms with van der Waals surface area (Å²) in [6.07, 6.45) is 0. The fourth-order valence-electron chi connectivity index (χ4n) is 2.11. The predicted molar refractivity (Wildman–Crippen MR) is 89.4 cm³/mol. The van der Waals surface area contributed by atoms with E-state index in [1.807, 2.05) is 41.8 Å². The average molecular weight is 328 g/mol. The van der Waals surface area contributed by atoms with Crippen molar-refractivity contribution in [1.29, 1.82) is 0 Å². The maximum Gasteiger partial charge on any atom is 0.319 e. The molecule has 0 aliphatic carbocycles. The number of urea groups is 1. The summed E-state index contributed by atoms with van der Waals surface area (Å²) in [5.74, 6) is 0.919. The summed E-state index contributed by atoms with van der Waals surface area (Å²) in [6.45, 7) is 3.52. The van der Waals surface area contributed by atoms with Gasteiger partial charge in [-0.05, 0) is 43.0 Å². The lowest BCUT2D eigenvalue weighted by molar-refractivity contribution is 0.245. The highest BCUT2D eigenvalue weighted by molar-refractivity contribution is 7.13. The zero-order chi connectivity index (χ0) is 16.2. The van der Waals surface area contributed by atoms with Crippen molar-refractivity contribution in [3.63, 3.8) is 0 Å². The minimum Gasteiger partial charge on any atom is -0.337 e. The fraction of sp³-hybridized carbons (Fsp3) is 0.188. The number of thiophene rings is 1. The highest BCUT2D eigenvalue weighted by Crippen LogP contribution is 2.26. The van der Waals surface area contributed by atoms with Crippen LogP contribution in [0.5, 0.6) is 0 Å². The van der Waals surface area contributed by atoms with E-state index in [0.29, 0.717) is 11.7 Å². The molecule has 2 amide bonds. The zero-order valence-corrected chi connectivity index (χ0v) is 13.6. The first kappa shape index (κ1) is 15.2. The molecular weight excluding hydrogens is 312 g/mol. The van der Waals surface area contributed by atoms with Crippen LogP contribution in [-0.4, -0.2) is 16.2 Å². The van der Waals surface area contributed by atoms with E-state index in [2.05, 4.69) is 20.8 Å². The van der Waals surface area contributed by atoms with Crippen LogP contribution in [-0.2, 0) is 0 Å². The lowest BCUT2D eigenvalue weighted by Crippen LogP contribution is -2.31. The van der Waals surface area contributed by atoms with Gasteiger partial charge in [0.25, 0.3) is 0 Å². The molecule has 3 rings (SSSR count). The van der Waals surface area contributed by atoms with Crippen molar-refractivity contribution >= 4 is 23.1 Å². The van der Waals surface area contributed by atoms with E-state index in [4.69, 9.17) is 4.52 Å². The van der Waals surface area contributed by atoms with E-state index >= 15 is 0 Å². The first-order chi connectivity index (χ1) is 11.1. The molecule has 1 aromatic carbocycles. The highest BCUT2D eigenvalue weighted by Gasteiger charge is 2.15. The lowest BCUT2D eigenvalue weighted by atomic mass is 10.1. The Bertz CT molecular complexity index is 798. The molecule has 0 saturated heterocycles. The van der Waals surface area contributed by atoms with Crippen molar-refractivity contribution < 1.29 is 9.32 Å². The Kier molecular flexibility index (Phi) is 4.38. The van der Waals surface area contributed by atoms with E-state index in [-0.39, 0.29) is 12.1 Å². The second-order valence-corrected chi connectivity index (χ2v) is 6.01. The number of anilines is 1. The summed E-state index contributed by atoms with van der Waals surface area (Å²) >= 11 is 1.66. The van der Waals surface area contributed by atoms with Crippen LogP contribution in [0.1, 0.15) is 24.7 Å². The number of carbonyl (C=O) groups is 1. The van der Waals surface area contributed by atoms with Gasteiger partial charge in [-0.1, -0.05) is 23.4 Å². The maximum atomic E-state index is 12.1. The number of benzene rings is 1. The van der Waals surface area contributed by atoms with Gasteiger partial charge < -0.3 is 15.2 Å². The van der Waals surface area contributed by atoms with Gasteiger partial charge in [-0.2, -0.15) is 4.98 Å². The number of aryl methyl sites for hydroxylation is 1. The van der Waals surface area contributed by atoms with Gasteiger partial charge in [-0.25, -0.2) is 4.79 Å². The van der Waals surface area contributed by atoms with E-state index in [9.17, 15) is 4.79 Å². The van der Waals surface area contributed by atoms with Crippen LogP contribution < -0.4 is 10.6 Å². The SMILES string of the molecule is Cc1noc([C@H](C)NC(=O)Nc2cccc(-c3cccs3)c2)n1. The molecule has 0 aliphatic heterocycles. The Morgan fingerprint density at radius 3 is 2.87 bits per heavy atom. The van der Waals surface area contributed by atoms with Crippen LogP contribution in [0.4, 0.5) is 10.5 Å². The smallest absolute Gasteiger partial charge is 0.319 e. The first-order valence-corrected chi connectivity index (χ1v) is 8.01. The Balaban J connectivity index is 1.65. The van der Waals surface area contributed by atoms with Gasteiger partial charge in [0.15, 0.2) is 5.82 Å². The minimum atomic E-state index is -0.364. The molecule has 6 nitrogen and oxygen atoms in total. The van der Waals surface area contributed by atoms with Crippen molar-refractivity contribution in [1.82, 2.24) is 15.5 Å².